The van der Waals surface area contributed by atoms with E-state index in [2.05, 4.69) is 12.2 Å². The first-order valence-electron chi connectivity index (χ1n) is 8.70. The van der Waals surface area contributed by atoms with E-state index in [0.29, 0.717) is 24.1 Å². The number of anilines is 1. The molecule has 0 heterocycles. The molecule has 1 aliphatic rings. The van der Waals surface area contributed by atoms with Crippen LogP contribution in [0.25, 0.3) is 6.08 Å². The lowest BCUT2D eigenvalue weighted by atomic mass is 9.95. The number of rotatable bonds is 7. The van der Waals surface area contributed by atoms with Gasteiger partial charge in [0.15, 0.2) is 0 Å². The monoisotopic (exact) mass is 316 g/mol. The molecular formula is C19H28N2O2. The van der Waals surface area contributed by atoms with Gasteiger partial charge >= 0.3 is 0 Å². The van der Waals surface area contributed by atoms with Crippen LogP contribution in [0.15, 0.2) is 24.3 Å². The molecule has 1 aliphatic carbocycles. The van der Waals surface area contributed by atoms with Crippen LogP contribution in [-0.4, -0.2) is 18.6 Å². The van der Waals surface area contributed by atoms with Gasteiger partial charge < -0.3 is 15.8 Å². The highest BCUT2D eigenvalue weighted by Gasteiger charge is 2.14. The number of hydrogen-bond acceptors (Lipinski definition) is 3. The third-order valence-electron chi connectivity index (χ3n) is 4.17. The molecule has 2 rings (SSSR count). The summed E-state index contributed by atoms with van der Waals surface area (Å²) in [4.78, 5) is 12.0. The van der Waals surface area contributed by atoms with Crippen LogP contribution in [0.5, 0.6) is 5.75 Å². The summed E-state index contributed by atoms with van der Waals surface area (Å²) in [5.41, 5.74) is 7.51. The number of ether oxygens (including phenoxy) is 1. The minimum absolute atomic E-state index is 0.0289. The van der Waals surface area contributed by atoms with Crippen molar-refractivity contribution in [2.75, 3.05) is 12.3 Å². The average molecular weight is 316 g/mol. The predicted molar refractivity (Wildman–Crippen MR) is 95.3 cm³/mol. The molecule has 1 aromatic carbocycles. The Morgan fingerprint density at radius 1 is 1.35 bits per heavy atom. The van der Waals surface area contributed by atoms with Crippen LogP contribution < -0.4 is 15.8 Å². The van der Waals surface area contributed by atoms with E-state index in [9.17, 15) is 4.79 Å². The van der Waals surface area contributed by atoms with E-state index in [1.54, 1.807) is 12.2 Å². The van der Waals surface area contributed by atoms with Crippen LogP contribution in [0.3, 0.4) is 0 Å². The van der Waals surface area contributed by atoms with Gasteiger partial charge in [-0.15, -0.1) is 0 Å². The standard InChI is InChI=1S/C19H28N2O2/c1-2-3-13-23-18-11-9-15(14-17(18)20)10-12-19(22)21-16-7-5-4-6-8-16/h9-12,14,16H,2-8,13,20H2,1H3,(H,21,22)/b12-10-. The van der Waals surface area contributed by atoms with Crippen molar-refractivity contribution < 1.29 is 9.53 Å². The van der Waals surface area contributed by atoms with E-state index in [-0.39, 0.29) is 5.91 Å². The number of benzene rings is 1. The lowest BCUT2D eigenvalue weighted by Crippen LogP contribution is -2.34. The van der Waals surface area contributed by atoms with Gasteiger partial charge in [-0.25, -0.2) is 0 Å². The van der Waals surface area contributed by atoms with Crippen molar-refractivity contribution in [1.82, 2.24) is 5.32 Å². The largest absolute Gasteiger partial charge is 0.491 e. The zero-order chi connectivity index (χ0) is 16.5. The zero-order valence-corrected chi connectivity index (χ0v) is 14.0. The van der Waals surface area contributed by atoms with Gasteiger partial charge in [0.05, 0.1) is 12.3 Å². The molecule has 4 heteroatoms. The molecule has 3 N–H and O–H groups in total. The second-order valence-electron chi connectivity index (χ2n) is 6.18. The fraction of sp³-hybridized carbons (Fsp3) is 0.526. The molecule has 0 radical (unpaired) electrons. The Bertz CT molecular complexity index is 534. The summed E-state index contributed by atoms with van der Waals surface area (Å²) in [5, 5.41) is 3.07. The first-order valence-corrected chi connectivity index (χ1v) is 8.70. The maximum Gasteiger partial charge on any atom is 0.244 e. The van der Waals surface area contributed by atoms with Crippen molar-refractivity contribution in [2.24, 2.45) is 0 Å². The Hall–Kier alpha value is -1.97. The van der Waals surface area contributed by atoms with Crippen LogP contribution in [0.1, 0.15) is 57.4 Å². The lowest BCUT2D eigenvalue weighted by Gasteiger charge is -2.21. The number of amides is 1. The summed E-state index contributed by atoms with van der Waals surface area (Å²) in [6.07, 6.45) is 11.4. The van der Waals surface area contributed by atoms with E-state index in [1.807, 2.05) is 18.2 Å². The Kier molecular flexibility index (Phi) is 6.98. The molecule has 0 unspecified atom stereocenters. The van der Waals surface area contributed by atoms with Crippen LogP contribution in [0, 0.1) is 0 Å². The second kappa shape index (κ2) is 9.23. The van der Waals surface area contributed by atoms with E-state index in [1.165, 1.54) is 19.3 Å². The van der Waals surface area contributed by atoms with Crippen molar-refractivity contribution in [1.29, 1.82) is 0 Å². The third kappa shape index (κ3) is 5.97. The Morgan fingerprint density at radius 3 is 2.83 bits per heavy atom. The highest BCUT2D eigenvalue weighted by Crippen LogP contribution is 2.23. The summed E-state index contributed by atoms with van der Waals surface area (Å²) in [6.45, 7) is 2.80. The van der Waals surface area contributed by atoms with Gasteiger partial charge in [-0.3, -0.25) is 4.79 Å². The highest BCUT2D eigenvalue weighted by molar-refractivity contribution is 5.92. The van der Waals surface area contributed by atoms with Crippen molar-refractivity contribution in [3.05, 3.63) is 29.8 Å². The molecule has 23 heavy (non-hydrogen) atoms. The molecule has 1 fully saturated rings. The SMILES string of the molecule is CCCCOc1ccc(/C=C\C(=O)NC2CCCCC2)cc1N. The van der Waals surface area contributed by atoms with Crippen molar-refractivity contribution in [3.63, 3.8) is 0 Å². The van der Waals surface area contributed by atoms with Gasteiger partial charge in [-0.1, -0.05) is 38.7 Å². The Labute approximate surface area is 139 Å². The summed E-state index contributed by atoms with van der Waals surface area (Å²) >= 11 is 0. The summed E-state index contributed by atoms with van der Waals surface area (Å²) in [5.74, 6) is 0.681. The number of hydrogen-bond donors (Lipinski definition) is 2. The molecule has 0 spiro atoms. The van der Waals surface area contributed by atoms with E-state index < -0.39 is 0 Å². The zero-order valence-electron chi connectivity index (χ0n) is 14.0. The van der Waals surface area contributed by atoms with Gasteiger partial charge in [0.2, 0.25) is 5.91 Å². The maximum absolute atomic E-state index is 12.0. The summed E-state index contributed by atoms with van der Waals surface area (Å²) < 4.78 is 5.63. The van der Waals surface area contributed by atoms with E-state index in [0.717, 1.165) is 31.2 Å². The molecule has 0 atom stereocenters. The predicted octanol–water partition coefficient (Wildman–Crippen LogP) is 3.91. The van der Waals surface area contributed by atoms with Gasteiger partial charge in [0, 0.05) is 12.1 Å². The van der Waals surface area contributed by atoms with Crippen LogP contribution in [0.2, 0.25) is 0 Å². The van der Waals surface area contributed by atoms with Crippen molar-refractivity contribution >= 4 is 17.7 Å². The van der Waals surface area contributed by atoms with E-state index in [4.69, 9.17) is 10.5 Å². The summed E-state index contributed by atoms with van der Waals surface area (Å²) in [7, 11) is 0. The number of carbonyl (C=O) groups is 1. The molecular weight excluding hydrogens is 288 g/mol. The molecule has 1 saturated carbocycles. The normalized spacial score (nSPS) is 15.7. The van der Waals surface area contributed by atoms with Gasteiger partial charge in [-0.05, 0) is 43.0 Å². The topological polar surface area (TPSA) is 64.3 Å². The quantitative estimate of drug-likeness (QED) is 0.455. The fourth-order valence-corrected chi connectivity index (χ4v) is 2.80. The molecule has 0 bridgehead atoms. The molecule has 126 valence electrons. The molecule has 0 saturated heterocycles. The first-order chi connectivity index (χ1) is 11.2. The molecule has 1 aromatic rings. The molecule has 0 aromatic heterocycles. The number of nitrogen functional groups attached to an aromatic ring is 1. The lowest BCUT2D eigenvalue weighted by molar-refractivity contribution is -0.117. The second-order valence-corrected chi connectivity index (χ2v) is 6.18. The highest BCUT2D eigenvalue weighted by atomic mass is 16.5. The Balaban J connectivity index is 1.86. The minimum atomic E-state index is -0.0289. The Morgan fingerprint density at radius 2 is 2.13 bits per heavy atom. The fourth-order valence-electron chi connectivity index (χ4n) is 2.80. The van der Waals surface area contributed by atoms with Crippen molar-refractivity contribution in [3.8, 4) is 5.75 Å². The van der Waals surface area contributed by atoms with Gasteiger partial charge in [0.25, 0.3) is 0 Å². The average Bonchev–Trinajstić information content (AvgIpc) is 2.56. The van der Waals surface area contributed by atoms with Crippen molar-refractivity contribution in [2.45, 2.75) is 57.9 Å². The number of nitrogens with one attached hydrogen (secondary N) is 1. The smallest absolute Gasteiger partial charge is 0.244 e. The van der Waals surface area contributed by atoms with Crippen LogP contribution in [-0.2, 0) is 4.79 Å². The van der Waals surface area contributed by atoms with Gasteiger partial charge in [-0.2, -0.15) is 0 Å². The number of carbonyl (C=O) groups excluding carboxylic acids is 1. The number of unbranched alkanes of at least 4 members (excludes halogenated alkanes) is 1. The molecule has 4 nitrogen and oxygen atoms in total. The molecule has 1 amide bonds. The van der Waals surface area contributed by atoms with Crippen LogP contribution >= 0.6 is 0 Å². The maximum atomic E-state index is 12.0. The minimum Gasteiger partial charge on any atom is -0.491 e. The first kappa shape index (κ1) is 17.4. The third-order valence-corrected chi connectivity index (χ3v) is 4.17. The van der Waals surface area contributed by atoms with Gasteiger partial charge in [0.1, 0.15) is 5.75 Å². The number of nitrogens with two attached hydrogens (primary N) is 1. The summed E-state index contributed by atoms with van der Waals surface area (Å²) in [6, 6.07) is 5.96. The van der Waals surface area contributed by atoms with Crippen LogP contribution in [0.4, 0.5) is 5.69 Å². The molecule has 0 aliphatic heterocycles. The van der Waals surface area contributed by atoms with E-state index >= 15 is 0 Å².